The summed E-state index contributed by atoms with van der Waals surface area (Å²) in [5.41, 5.74) is 3.81. The average Bonchev–Trinajstić information content (AvgIpc) is 2.61. The maximum Gasteiger partial charge on any atom is 0.119 e. The first kappa shape index (κ1) is 15.8. The first-order valence-corrected chi connectivity index (χ1v) is 7.78. The van der Waals surface area contributed by atoms with Crippen molar-refractivity contribution in [2.75, 3.05) is 27.9 Å². The molecule has 0 fully saturated rings. The van der Waals surface area contributed by atoms with Gasteiger partial charge in [0.25, 0.3) is 0 Å². The summed E-state index contributed by atoms with van der Waals surface area (Å²) < 4.78 is 16.3. The molecule has 3 rings (SSSR count). The fraction of sp³-hybridized carbons (Fsp3) is 0.368. The number of fused-ring (bicyclic) bond motifs is 1. The van der Waals surface area contributed by atoms with Crippen LogP contribution in [0.4, 0.5) is 0 Å². The molecule has 2 aromatic rings. The third-order valence-corrected chi connectivity index (χ3v) is 4.36. The zero-order chi connectivity index (χ0) is 16.2. The molecule has 0 bridgehead atoms. The minimum atomic E-state index is 0.0999. The van der Waals surface area contributed by atoms with Crippen molar-refractivity contribution in [1.29, 1.82) is 0 Å². The standard InChI is InChI=1S/C19H23NO3/c1-21-16-6-4-14(5-7-16)11-20-12-15-10-17(22-2)8-9-18(15)19(13-20)23-3/h4-10,19H,11-13H2,1-3H3. The number of benzene rings is 2. The Labute approximate surface area is 137 Å². The van der Waals surface area contributed by atoms with Crippen molar-refractivity contribution >= 4 is 0 Å². The molecular weight excluding hydrogens is 290 g/mol. The van der Waals surface area contributed by atoms with Gasteiger partial charge in [0.1, 0.15) is 11.5 Å². The number of hydrogen-bond donors (Lipinski definition) is 0. The van der Waals surface area contributed by atoms with Crippen LogP contribution in [0.2, 0.25) is 0 Å². The largest absolute Gasteiger partial charge is 0.497 e. The van der Waals surface area contributed by atoms with Crippen LogP contribution in [-0.4, -0.2) is 32.8 Å². The van der Waals surface area contributed by atoms with Crippen LogP contribution in [0.3, 0.4) is 0 Å². The molecule has 1 aliphatic heterocycles. The van der Waals surface area contributed by atoms with Gasteiger partial charge in [0.15, 0.2) is 0 Å². The minimum absolute atomic E-state index is 0.0999. The number of rotatable bonds is 5. The second-order valence-corrected chi connectivity index (χ2v) is 5.81. The smallest absolute Gasteiger partial charge is 0.119 e. The van der Waals surface area contributed by atoms with Crippen molar-refractivity contribution in [3.63, 3.8) is 0 Å². The molecule has 1 atom stereocenters. The third-order valence-electron chi connectivity index (χ3n) is 4.36. The van der Waals surface area contributed by atoms with Gasteiger partial charge in [-0.25, -0.2) is 0 Å². The van der Waals surface area contributed by atoms with E-state index in [1.165, 1.54) is 16.7 Å². The van der Waals surface area contributed by atoms with Gasteiger partial charge in [-0.3, -0.25) is 4.90 Å². The fourth-order valence-corrected chi connectivity index (χ4v) is 3.11. The Bertz CT molecular complexity index is 654. The maximum atomic E-state index is 5.69. The molecule has 0 N–H and O–H groups in total. The Balaban J connectivity index is 1.78. The van der Waals surface area contributed by atoms with E-state index >= 15 is 0 Å². The summed E-state index contributed by atoms with van der Waals surface area (Å²) in [6, 6.07) is 14.5. The van der Waals surface area contributed by atoms with Crippen molar-refractivity contribution < 1.29 is 14.2 Å². The van der Waals surface area contributed by atoms with Crippen molar-refractivity contribution in [2.24, 2.45) is 0 Å². The minimum Gasteiger partial charge on any atom is -0.497 e. The van der Waals surface area contributed by atoms with E-state index in [1.54, 1.807) is 21.3 Å². The van der Waals surface area contributed by atoms with Gasteiger partial charge in [0, 0.05) is 26.7 Å². The number of ether oxygens (including phenoxy) is 3. The van der Waals surface area contributed by atoms with Crippen LogP contribution in [0.5, 0.6) is 11.5 Å². The van der Waals surface area contributed by atoms with Crippen molar-refractivity contribution in [2.45, 2.75) is 19.2 Å². The van der Waals surface area contributed by atoms with E-state index in [1.807, 2.05) is 18.2 Å². The summed E-state index contributed by atoms with van der Waals surface area (Å²) in [5.74, 6) is 1.78. The lowest BCUT2D eigenvalue weighted by Gasteiger charge is -2.34. The van der Waals surface area contributed by atoms with E-state index in [4.69, 9.17) is 14.2 Å². The molecule has 4 nitrogen and oxygen atoms in total. The van der Waals surface area contributed by atoms with E-state index in [2.05, 4.69) is 29.2 Å². The van der Waals surface area contributed by atoms with Gasteiger partial charge < -0.3 is 14.2 Å². The highest BCUT2D eigenvalue weighted by Crippen LogP contribution is 2.32. The molecule has 1 unspecified atom stereocenters. The lowest BCUT2D eigenvalue weighted by atomic mass is 9.96. The molecule has 0 saturated heterocycles. The average molecular weight is 313 g/mol. The van der Waals surface area contributed by atoms with Crippen LogP contribution in [0.25, 0.3) is 0 Å². The Morgan fingerprint density at radius 1 is 0.957 bits per heavy atom. The zero-order valence-electron chi connectivity index (χ0n) is 13.9. The normalized spacial score (nSPS) is 17.6. The highest BCUT2D eigenvalue weighted by molar-refractivity contribution is 5.38. The Morgan fingerprint density at radius 3 is 2.30 bits per heavy atom. The second kappa shape index (κ2) is 7.02. The van der Waals surface area contributed by atoms with Crippen LogP contribution in [0.15, 0.2) is 42.5 Å². The van der Waals surface area contributed by atoms with Crippen molar-refractivity contribution in [1.82, 2.24) is 4.90 Å². The van der Waals surface area contributed by atoms with E-state index < -0.39 is 0 Å². The molecule has 2 aromatic carbocycles. The maximum absolute atomic E-state index is 5.69. The molecule has 23 heavy (non-hydrogen) atoms. The summed E-state index contributed by atoms with van der Waals surface area (Å²) in [5, 5.41) is 0. The molecule has 122 valence electrons. The first-order chi connectivity index (χ1) is 11.2. The number of methoxy groups -OCH3 is 3. The molecule has 0 spiro atoms. The van der Waals surface area contributed by atoms with Crippen molar-refractivity contribution in [3.05, 3.63) is 59.2 Å². The van der Waals surface area contributed by atoms with Crippen LogP contribution in [0.1, 0.15) is 22.8 Å². The van der Waals surface area contributed by atoms with Gasteiger partial charge in [-0.15, -0.1) is 0 Å². The SMILES string of the molecule is COc1ccc(CN2Cc3cc(OC)ccc3C(OC)C2)cc1. The quantitative estimate of drug-likeness (QED) is 0.846. The molecule has 1 heterocycles. The van der Waals surface area contributed by atoms with E-state index in [0.29, 0.717) is 0 Å². The molecular formula is C19H23NO3. The van der Waals surface area contributed by atoms with Crippen LogP contribution in [-0.2, 0) is 17.8 Å². The highest BCUT2D eigenvalue weighted by atomic mass is 16.5. The highest BCUT2D eigenvalue weighted by Gasteiger charge is 2.25. The molecule has 0 aliphatic carbocycles. The molecule has 0 aromatic heterocycles. The summed E-state index contributed by atoms with van der Waals surface area (Å²) in [4.78, 5) is 2.40. The summed E-state index contributed by atoms with van der Waals surface area (Å²) in [6.45, 7) is 2.68. The van der Waals surface area contributed by atoms with E-state index in [9.17, 15) is 0 Å². The Morgan fingerprint density at radius 2 is 1.65 bits per heavy atom. The number of hydrogen-bond acceptors (Lipinski definition) is 4. The van der Waals surface area contributed by atoms with Crippen LogP contribution < -0.4 is 9.47 Å². The van der Waals surface area contributed by atoms with Gasteiger partial charge in [-0.05, 0) is 41.0 Å². The fourth-order valence-electron chi connectivity index (χ4n) is 3.11. The summed E-state index contributed by atoms with van der Waals surface area (Å²) in [6.07, 6.45) is 0.0999. The first-order valence-electron chi connectivity index (χ1n) is 7.78. The van der Waals surface area contributed by atoms with Crippen LogP contribution >= 0.6 is 0 Å². The topological polar surface area (TPSA) is 30.9 Å². The zero-order valence-corrected chi connectivity index (χ0v) is 13.9. The second-order valence-electron chi connectivity index (χ2n) is 5.81. The Kier molecular flexibility index (Phi) is 4.84. The number of nitrogens with zero attached hydrogens (tertiary/aromatic N) is 1. The molecule has 0 radical (unpaired) electrons. The predicted octanol–water partition coefficient (Wildman–Crippen LogP) is 3.41. The lowest BCUT2D eigenvalue weighted by molar-refractivity contribution is 0.0451. The van der Waals surface area contributed by atoms with Crippen LogP contribution in [0, 0.1) is 0 Å². The monoisotopic (exact) mass is 313 g/mol. The van der Waals surface area contributed by atoms with Gasteiger partial charge in [0.05, 0.1) is 20.3 Å². The van der Waals surface area contributed by atoms with E-state index in [-0.39, 0.29) is 6.10 Å². The van der Waals surface area contributed by atoms with E-state index in [0.717, 1.165) is 31.1 Å². The van der Waals surface area contributed by atoms with Gasteiger partial charge >= 0.3 is 0 Å². The summed E-state index contributed by atoms with van der Waals surface area (Å²) in [7, 11) is 5.16. The van der Waals surface area contributed by atoms with Gasteiger partial charge in [0.2, 0.25) is 0 Å². The Hall–Kier alpha value is -2.04. The van der Waals surface area contributed by atoms with Gasteiger partial charge in [-0.2, -0.15) is 0 Å². The molecule has 4 heteroatoms. The summed E-state index contributed by atoms with van der Waals surface area (Å²) >= 11 is 0. The molecule has 0 amide bonds. The molecule has 1 aliphatic rings. The van der Waals surface area contributed by atoms with Crippen molar-refractivity contribution in [3.8, 4) is 11.5 Å². The lowest BCUT2D eigenvalue weighted by Crippen LogP contribution is -2.33. The third kappa shape index (κ3) is 3.49. The molecule has 0 saturated carbocycles. The van der Waals surface area contributed by atoms with Gasteiger partial charge in [-0.1, -0.05) is 18.2 Å². The predicted molar refractivity (Wildman–Crippen MR) is 89.9 cm³/mol.